The number of aliphatic carboxylic acids is 4. The molecule has 2 aliphatic heterocycles. The Bertz CT molecular complexity index is 3530. The lowest BCUT2D eigenvalue weighted by Crippen LogP contribution is -2.61. The maximum atomic E-state index is 15.3. The third kappa shape index (κ3) is 23.4. The Morgan fingerprint density at radius 3 is 1.65 bits per heavy atom. The molecule has 95 heavy (non-hydrogen) atoms. The molecule has 8 rings (SSSR count). The summed E-state index contributed by atoms with van der Waals surface area (Å²) in [4.78, 5) is 147. The number of nitrogens with zero attached hydrogens (tertiary/aromatic N) is 1. The molecule has 2 aliphatic rings. The number of alkyl carbamates (subject to hydrolysis) is 1. The van der Waals surface area contributed by atoms with Crippen LogP contribution in [-0.2, 0) is 78.6 Å². The fourth-order valence-corrected chi connectivity index (χ4v) is 10.2. The van der Waals surface area contributed by atoms with Crippen molar-refractivity contribution in [2.45, 2.75) is 119 Å². The van der Waals surface area contributed by atoms with E-state index in [0.717, 1.165) is 16.5 Å². The number of carbonyl (C=O) groups is 11. The Hall–Kier alpha value is -10.8. The number of H-pyrrole nitrogens is 1. The van der Waals surface area contributed by atoms with Gasteiger partial charge in [0.2, 0.25) is 35.4 Å². The highest BCUT2D eigenvalue weighted by Crippen LogP contribution is 2.26. The van der Waals surface area contributed by atoms with E-state index in [2.05, 4.69) is 36.9 Å². The molecule has 0 aliphatic carbocycles. The molecule has 3 heterocycles. The van der Waals surface area contributed by atoms with E-state index in [1.807, 2.05) is 60.7 Å². The number of rotatable bonds is 23. The van der Waals surface area contributed by atoms with Crippen LogP contribution in [0.25, 0.3) is 10.9 Å². The number of nitrogens with two attached hydrogens (primary N) is 4. The lowest BCUT2D eigenvalue weighted by Gasteiger charge is -2.32. The van der Waals surface area contributed by atoms with Crippen molar-refractivity contribution in [3.63, 3.8) is 0 Å². The molecule has 0 bridgehead atoms. The number of carboxylic acids is 4. The minimum absolute atomic E-state index is 0.0385. The van der Waals surface area contributed by atoms with E-state index in [9.17, 15) is 43.2 Å². The van der Waals surface area contributed by atoms with Crippen LogP contribution in [0.5, 0.6) is 5.75 Å². The van der Waals surface area contributed by atoms with Gasteiger partial charge in [-0.15, -0.1) is 0 Å². The number of amides is 7. The quantitative estimate of drug-likeness (QED) is 0.0400. The van der Waals surface area contributed by atoms with Crippen molar-refractivity contribution in [1.29, 1.82) is 0 Å². The van der Waals surface area contributed by atoms with Gasteiger partial charge in [0.05, 0.1) is 19.4 Å². The molecule has 29 nitrogen and oxygen atoms in total. The summed E-state index contributed by atoms with van der Waals surface area (Å²) in [5.74, 6) is -8.76. The van der Waals surface area contributed by atoms with Gasteiger partial charge in [-0.3, -0.25) is 47.9 Å². The average molecular weight is 1310 g/mol. The molecule has 9 unspecified atom stereocenters. The van der Waals surface area contributed by atoms with E-state index in [4.69, 9.17) is 52.8 Å². The Balaban J connectivity index is 0.000000693. The van der Waals surface area contributed by atoms with Gasteiger partial charge in [0.25, 0.3) is 0 Å². The molecule has 29 heteroatoms. The fraction of sp³-hybridized carbons (Fsp3) is 0.348. The number of fused-ring (bicyclic) bond motifs is 2. The van der Waals surface area contributed by atoms with Crippen molar-refractivity contribution in [3.05, 3.63) is 174 Å². The topological polar surface area (TPSA) is 482 Å². The van der Waals surface area contributed by atoms with Gasteiger partial charge in [-0.25, -0.2) is 4.79 Å². The molecule has 0 saturated carbocycles. The Labute approximate surface area is 546 Å². The molecule has 5 aromatic carbocycles. The summed E-state index contributed by atoms with van der Waals surface area (Å²) < 4.78 is 11.8. The first kappa shape index (κ1) is 73.3. The third-order valence-electron chi connectivity index (χ3n) is 15.1. The number of carboxylic acid groups (broad SMARTS) is 4. The summed E-state index contributed by atoms with van der Waals surface area (Å²) in [5.41, 5.74) is 25.3. The number of aromatic nitrogens is 1. The zero-order chi connectivity index (χ0) is 69.0. The highest BCUT2D eigenvalue weighted by Gasteiger charge is 2.45. The summed E-state index contributed by atoms with van der Waals surface area (Å²) in [6, 6.07) is 31.0. The highest BCUT2D eigenvalue weighted by molar-refractivity contribution is 5.99. The lowest BCUT2D eigenvalue weighted by atomic mass is 9.99. The van der Waals surface area contributed by atoms with Gasteiger partial charge in [-0.05, 0) is 71.8 Å². The van der Waals surface area contributed by atoms with Crippen molar-refractivity contribution in [3.8, 4) is 5.75 Å². The number of ether oxygens (including phenoxy) is 2. The maximum Gasteiger partial charge on any atom is 0.407 e. The lowest BCUT2D eigenvalue weighted by molar-refractivity contribution is -0.144. The predicted octanol–water partition coefficient (Wildman–Crippen LogP) is 1.11. The van der Waals surface area contributed by atoms with E-state index in [1.165, 1.54) is 4.90 Å². The predicted molar refractivity (Wildman–Crippen MR) is 344 cm³/mol. The molecule has 1 aromatic heterocycles. The SMILES string of the molecule is NC(CC(=O)O)C(=O)O.NC(CC(=O)O)C(=O)O.NCCCCC1NC(=O)C(Cc2c[nH]c3ccccc23)NC(=O)C(c2ccccc2)NC(=O)C2CC(OC(=O)NCCN)CN2C(=O)C(Cc2ccccc2)NC(=O)C(Cc2ccc(OCc3ccccc3)cc2)NC1=O. The summed E-state index contributed by atoms with van der Waals surface area (Å²) in [6.45, 7) is 0.617. The summed E-state index contributed by atoms with van der Waals surface area (Å²) in [5, 5.41) is 49.9. The standard InChI is InChI=1S/C58H66N10O9.2C4H7NO4/c59-27-13-12-22-46-52(69)64-47(30-38-23-25-42(26-24-38)76-36-39-16-6-2-7-17-39)53(70)66-49(31-37-14-4-1-5-15-37)57(74)68-35-43(77-58(75)61-29-28-60)33-50(68)55(72)67-51(40-18-8-3-9-19-40)56(73)65-48(54(71)63-46)32-41-34-62-45-21-11-10-20-44(41)45;2*5-2(4(8)9)1-3(6)7/h1-11,14-21,23-26,34,43,46-51,62H,12-13,22,27-33,35-36,59-60H2,(H,61,75)(H,63,71)(H,64,69)(H,65,73)(H,66,70)(H,67,72);2*2H,1,5H2,(H,6,7)(H,8,9). The van der Waals surface area contributed by atoms with Crippen molar-refractivity contribution >= 4 is 76.3 Å². The highest BCUT2D eigenvalue weighted by atomic mass is 16.6. The largest absolute Gasteiger partial charge is 0.489 e. The van der Waals surface area contributed by atoms with Gasteiger partial charge >= 0.3 is 30.0 Å². The third-order valence-corrected chi connectivity index (χ3v) is 15.1. The number of carbonyl (C=O) groups excluding carboxylic acids is 7. The van der Waals surface area contributed by atoms with Crippen LogP contribution in [0.3, 0.4) is 0 Å². The van der Waals surface area contributed by atoms with Crippen molar-refractivity contribution in [1.82, 2.24) is 41.8 Å². The molecular weight excluding hydrogens is 1230 g/mol. The van der Waals surface area contributed by atoms with Crippen molar-refractivity contribution in [2.24, 2.45) is 22.9 Å². The molecule has 0 radical (unpaired) electrons. The van der Waals surface area contributed by atoms with Crippen LogP contribution in [0.2, 0.25) is 0 Å². The zero-order valence-electron chi connectivity index (χ0n) is 51.8. The minimum Gasteiger partial charge on any atom is -0.489 e. The van der Waals surface area contributed by atoms with Crippen LogP contribution in [0.4, 0.5) is 4.79 Å². The van der Waals surface area contributed by atoms with E-state index >= 15 is 9.59 Å². The smallest absolute Gasteiger partial charge is 0.407 e. The average Bonchev–Trinajstić information content (AvgIpc) is 1.72. The van der Waals surface area contributed by atoms with Gasteiger partial charge in [0.1, 0.15) is 66.8 Å². The van der Waals surface area contributed by atoms with Crippen LogP contribution < -0.4 is 59.6 Å². The first-order valence-electron chi connectivity index (χ1n) is 30.5. The number of unbranched alkanes of at least 4 members (excludes halogenated alkanes) is 1. The normalized spacial score (nSPS) is 19.9. The van der Waals surface area contributed by atoms with E-state index in [0.29, 0.717) is 54.0 Å². The van der Waals surface area contributed by atoms with Gasteiger partial charge in [-0.1, -0.05) is 121 Å². The van der Waals surface area contributed by atoms with Crippen molar-refractivity contribution < 1.29 is 82.6 Å². The molecular formula is C66H80N12O17. The first-order valence-corrected chi connectivity index (χ1v) is 30.5. The Morgan fingerprint density at radius 2 is 1.07 bits per heavy atom. The van der Waals surface area contributed by atoms with Crippen molar-refractivity contribution in [2.75, 3.05) is 26.2 Å². The fourth-order valence-electron chi connectivity index (χ4n) is 10.2. The van der Waals surface area contributed by atoms with Crippen LogP contribution in [0, 0.1) is 0 Å². The van der Waals surface area contributed by atoms with Crippen LogP contribution >= 0.6 is 0 Å². The number of hydrogen-bond donors (Lipinski definition) is 15. The number of nitrogens with one attached hydrogen (secondary N) is 7. The van der Waals surface area contributed by atoms with Crippen LogP contribution in [0.1, 0.15) is 72.4 Å². The Morgan fingerprint density at radius 1 is 0.558 bits per heavy atom. The van der Waals surface area contributed by atoms with E-state index < -0.39 is 133 Å². The van der Waals surface area contributed by atoms with Gasteiger partial charge in [0.15, 0.2) is 0 Å². The second-order valence-electron chi connectivity index (χ2n) is 22.3. The van der Waals surface area contributed by atoms with E-state index in [1.54, 1.807) is 85.1 Å². The molecule has 6 aromatic rings. The molecule has 0 spiro atoms. The molecule has 9 atom stereocenters. The summed E-state index contributed by atoms with van der Waals surface area (Å²) in [6.07, 6.45) is -0.413. The second kappa shape index (κ2) is 37.1. The number of para-hydroxylation sites is 1. The first-order chi connectivity index (χ1) is 45.5. The van der Waals surface area contributed by atoms with Gasteiger partial charge in [-0.2, -0.15) is 0 Å². The molecule has 19 N–H and O–H groups in total. The van der Waals surface area contributed by atoms with Gasteiger partial charge < -0.3 is 94.6 Å². The van der Waals surface area contributed by atoms with E-state index in [-0.39, 0.29) is 51.7 Å². The molecule has 2 fully saturated rings. The molecule has 2 saturated heterocycles. The monoisotopic (exact) mass is 1310 g/mol. The molecule has 7 amide bonds. The number of hydrogen-bond acceptors (Lipinski definition) is 17. The Kier molecular flexibility index (Phi) is 28.6. The van der Waals surface area contributed by atoms with Crippen LogP contribution in [0.15, 0.2) is 146 Å². The minimum atomic E-state index is -1.42. The number of aromatic amines is 1. The maximum absolute atomic E-state index is 15.3. The van der Waals surface area contributed by atoms with Crippen LogP contribution in [-0.4, -0.2) is 170 Å². The zero-order valence-corrected chi connectivity index (χ0v) is 51.8. The van der Waals surface area contributed by atoms with Gasteiger partial charge in [0, 0.05) is 55.9 Å². The molecule has 506 valence electrons. The summed E-state index contributed by atoms with van der Waals surface area (Å²) >= 11 is 0. The number of benzene rings is 5. The summed E-state index contributed by atoms with van der Waals surface area (Å²) in [7, 11) is 0. The second-order valence-corrected chi connectivity index (χ2v) is 22.3.